The molecule has 3 atom stereocenters. The van der Waals surface area contributed by atoms with Gasteiger partial charge in [0.2, 0.25) is 0 Å². The second kappa shape index (κ2) is 9.71. The van der Waals surface area contributed by atoms with Crippen molar-refractivity contribution in [1.82, 2.24) is 10.3 Å². The fourth-order valence-electron chi connectivity index (χ4n) is 3.40. The first kappa shape index (κ1) is 21.2. The van der Waals surface area contributed by atoms with Crippen LogP contribution in [-0.2, 0) is 11.2 Å². The zero-order chi connectivity index (χ0) is 18.5. The molecule has 6 nitrogen and oxygen atoms in total. The SMILES string of the molecule is Br.COc1ccnc(C(=O)NC2CC(C)O[C@H](Cc3ccccc3)C2)c1O. The number of ether oxygens (including phenoxy) is 2. The molecule has 1 aliphatic rings. The lowest BCUT2D eigenvalue weighted by Crippen LogP contribution is -2.45. The third kappa shape index (κ3) is 5.43. The molecule has 1 aliphatic heterocycles. The Labute approximate surface area is 169 Å². The summed E-state index contributed by atoms with van der Waals surface area (Å²) in [6, 6.07) is 11.6. The molecular weight excluding hydrogens is 412 g/mol. The minimum atomic E-state index is -0.404. The Morgan fingerprint density at radius 1 is 1.30 bits per heavy atom. The van der Waals surface area contributed by atoms with Crippen LogP contribution in [0.4, 0.5) is 0 Å². The molecular formula is C20H25BrN2O4. The topological polar surface area (TPSA) is 80.7 Å². The minimum absolute atomic E-state index is 0. The van der Waals surface area contributed by atoms with E-state index in [0.717, 1.165) is 19.3 Å². The summed E-state index contributed by atoms with van der Waals surface area (Å²) in [6.07, 6.45) is 3.78. The Morgan fingerprint density at radius 2 is 2.04 bits per heavy atom. The maximum atomic E-state index is 12.5. The molecule has 1 amide bonds. The van der Waals surface area contributed by atoms with Gasteiger partial charge in [0.25, 0.3) is 5.91 Å². The van der Waals surface area contributed by atoms with E-state index in [4.69, 9.17) is 9.47 Å². The van der Waals surface area contributed by atoms with Crippen molar-refractivity contribution in [1.29, 1.82) is 0 Å². The number of pyridine rings is 1. The summed E-state index contributed by atoms with van der Waals surface area (Å²) in [5, 5.41) is 13.1. The van der Waals surface area contributed by atoms with Gasteiger partial charge in [-0.2, -0.15) is 0 Å². The van der Waals surface area contributed by atoms with E-state index < -0.39 is 5.91 Å². The Morgan fingerprint density at radius 3 is 2.74 bits per heavy atom. The molecule has 7 heteroatoms. The normalized spacial score (nSPS) is 21.8. The number of aromatic hydroxyl groups is 1. The van der Waals surface area contributed by atoms with Gasteiger partial charge in [-0.1, -0.05) is 30.3 Å². The van der Waals surface area contributed by atoms with Crippen LogP contribution in [0.2, 0.25) is 0 Å². The van der Waals surface area contributed by atoms with Gasteiger partial charge in [-0.25, -0.2) is 4.98 Å². The first-order valence-electron chi connectivity index (χ1n) is 8.79. The molecule has 2 aromatic rings. The van der Waals surface area contributed by atoms with Crippen LogP contribution in [0.1, 0.15) is 35.8 Å². The molecule has 1 aromatic carbocycles. The van der Waals surface area contributed by atoms with Crippen molar-refractivity contribution in [2.45, 2.75) is 44.4 Å². The monoisotopic (exact) mass is 436 g/mol. The maximum Gasteiger partial charge on any atom is 0.274 e. The van der Waals surface area contributed by atoms with Gasteiger partial charge in [0.1, 0.15) is 0 Å². The van der Waals surface area contributed by atoms with Gasteiger partial charge in [0.05, 0.1) is 19.3 Å². The number of nitrogens with zero attached hydrogens (tertiary/aromatic N) is 1. The molecule has 0 spiro atoms. The fraction of sp³-hybridized carbons (Fsp3) is 0.400. The molecule has 1 saturated heterocycles. The second-order valence-corrected chi connectivity index (χ2v) is 6.61. The van der Waals surface area contributed by atoms with E-state index in [1.54, 1.807) is 0 Å². The van der Waals surface area contributed by atoms with Gasteiger partial charge >= 0.3 is 0 Å². The van der Waals surface area contributed by atoms with E-state index in [9.17, 15) is 9.90 Å². The summed E-state index contributed by atoms with van der Waals surface area (Å²) >= 11 is 0. The Bertz CT molecular complexity index is 757. The molecule has 3 rings (SSSR count). The van der Waals surface area contributed by atoms with Crippen molar-refractivity contribution in [2.24, 2.45) is 0 Å². The lowest BCUT2D eigenvalue weighted by Gasteiger charge is -2.34. The predicted octanol–water partition coefficient (Wildman–Crippen LogP) is 3.28. The minimum Gasteiger partial charge on any atom is -0.503 e. The number of aromatic nitrogens is 1. The summed E-state index contributed by atoms with van der Waals surface area (Å²) in [6.45, 7) is 2.01. The van der Waals surface area contributed by atoms with Gasteiger partial charge in [0.15, 0.2) is 17.2 Å². The molecule has 1 fully saturated rings. The standard InChI is InChI=1S/C20H24N2O4.BrH/c1-13-10-15(12-16(26-13)11-14-6-4-3-5-7-14)22-20(24)18-19(23)17(25-2)8-9-21-18;/h3-9,13,15-16,23H,10-12H2,1-2H3,(H,22,24);1H/t13?,15?,16-;/m1./s1. The molecule has 0 bridgehead atoms. The molecule has 2 heterocycles. The van der Waals surface area contributed by atoms with E-state index in [-0.39, 0.29) is 52.4 Å². The average molecular weight is 437 g/mol. The average Bonchev–Trinajstić information content (AvgIpc) is 2.62. The molecule has 0 aliphatic carbocycles. The van der Waals surface area contributed by atoms with Crippen LogP contribution in [-0.4, -0.2) is 41.4 Å². The van der Waals surface area contributed by atoms with Crippen LogP contribution in [0, 0.1) is 0 Å². The van der Waals surface area contributed by atoms with Crippen molar-refractivity contribution in [2.75, 3.05) is 7.11 Å². The lowest BCUT2D eigenvalue weighted by atomic mass is 9.94. The van der Waals surface area contributed by atoms with E-state index in [1.165, 1.54) is 24.9 Å². The van der Waals surface area contributed by atoms with Crippen molar-refractivity contribution in [3.63, 3.8) is 0 Å². The highest BCUT2D eigenvalue weighted by Crippen LogP contribution is 2.28. The first-order valence-corrected chi connectivity index (χ1v) is 8.79. The molecule has 2 unspecified atom stereocenters. The highest BCUT2D eigenvalue weighted by molar-refractivity contribution is 8.93. The molecule has 1 aromatic heterocycles. The van der Waals surface area contributed by atoms with Crippen molar-refractivity contribution >= 4 is 22.9 Å². The summed E-state index contributed by atoms with van der Waals surface area (Å²) in [5.74, 6) is -0.417. The van der Waals surface area contributed by atoms with Crippen LogP contribution in [0.25, 0.3) is 0 Å². The van der Waals surface area contributed by atoms with Gasteiger partial charge in [-0.3, -0.25) is 4.79 Å². The predicted molar refractivity (Wildman–Crippen MR) is 108 cm³/mol. The zero-order valence-corrected chi connectivity index (χ0v) is 17.1. The summed E-state index contributed by atoms with van der Waals surface area (Å²) < 4.78 is 11.1. The molecule has 2 N–H and O–H groups in total. The molecule has 27 heavy (non-hydrogen) atoms. The first-order chi connectivity index (χ1) is 12.6. The van der Waals surface area contributed by atoms with Gasteiger partial charge in [0, 0.05) is 18.3 Å². The smallest absolute Gasteiger partial charge is 0.274 e. The van der Waals surface area contributed by atoms with Gasteiger partial charge < -0.3 is 19.9 Å². The van der Waals surface area contributed by atoms with Gasteiger partial charge in [-0.15, -0.1) is 17.0 Å². The van der Waals surface area contributed by atoms with E-state index in [0.29, 0.717) is 0 Å². The fourth-order valence-corrected chi connectivity index (χ4v) is 3.40. The summed E-state index contributed by atoms with van der Waals surface area (Å²) in [7, 11) is 1.44. The number of carbonyl (C=O) groups excluding carboxylic acids is 1. The van der Waals surface area contributed by atoms with Crippen LogP contribution in [0.15, 0.2) is 42.6 Å². The van der Waals surface area contributed by atoms with E-state index in [2.05, 4.69) is 22.4 Å². The van der Waals surface area contributed by atoms with Crippen LogP contribution < -0.4 is 10.1 Å². The third-order valence-corrected chi connectivity index (χ3v) is 4.55. The number of amides is 1. The van der Waals surface area contributed by atoms with E-state index >= 15 is 0 Å². The largest absolute Gasteiger partial charge is 0.503 e. The maximum absolute atomic E-state index is 12.5. The summed E-state index contributed by atoms with van der Waals surface area (Å²) in [5.41, 5.74) is 1.19. The number of hydrogen-bond acceptors (Lipinski definition) is 5. The number of rotatable bonds is 5. The zero-order valence-electron chi connectivity index (χ0n) is 15.4. The second-order valence-electron chi connectivity index (χ2n) is 6.61. The highest BCUT2D eigenvalue weighted by atomic mass is 79.9. The quantitative estimate of drug-likeness (QED) is 0.751. The van der Waals surface area contributed by atoms with Crippen molar-refractivity contribution in [3.8, 4) is 11.5 Å². The number of nitrogens with one attached hydrogen (secondary N) is 1. The highest BCUT2D eigenvalue weighted by Gasteiger charge is 2.29. The summed E-state index contributed by atoms with van der Waals surface area (Å²) in [4.78, 5) is 16.5. The Hall–Kier alpha value is -2.12. The van der Waals surface area contributed by atoms with Crippen LogP contribution >= 0.6 is 17.0 Å². The number of benzene rings is 1. The van der Waals surface area contributed by atoms with Crippen LogP contribution in [0.3, 0.4) is 0 Å². The third-order valence-electron chi connectivity index (χ3n) is 4.55. The number of carbonyl (C=O) groups is 1. The number of methoxy groups -OCH3 is 1. The van der Waals surface area contributed by atoms with Crippen LogP contribution in [0.5, 0.6) is 11.5 Å². The molecule has 146 valence electrons. The molecule has 0 radical (unpaired) electrons. The number of hydrogen-bond donors (Lipinski definition) is 2. The number of halogens is 1. The van der Waals surface area contributed by atoms with Gasteiger partial charge in [-0.05, 0) is 31.7 Å². The Balaban J connectivity index is 0.00000261. The Kier molecular flexibility index (Phi) is 7.62. The van der Waals surface area contributed by atoms with Crippen molar-refractivity contribution < 1.29 is 19.4 Å². The van der Waals surface area contributed by atoms with Crippen molar-refractivity contribution in [3.05, 3.63) is 53.9 Å². The van der Waals surface area contributed by atoms with E-state index in [1.807, 2.05) is 25.1 Å². The lowest BCUT2D eigenvalue weighted by molar-refractivity contribution is -0.0498. The molecule has 0 saturated carbocycles.